The first-order chi connectivity index (χ1) is 10.1. The Morgan fingerprint density at radius 2 is 1.52 bits per heavy atom. The maximum absolute atomic E-state index is 11.6. The summed E-state index contributed by atoms with van der Waals surface area (Å²) < 4.78 is 10.1. The van der Waals surface area contributed by atoms with Crippen LogP contribution in [0.3, 0.4) is 0 Å². The maximum atomic E-state index is 11.6. The van der Waals surface area contributed by atoms with Crippen LogP contribution in [0.4, 0.5) is 4.79 Å². The van der Waals surface area contributed by atoms with Gasteiger partial charge in [0.25, 0.3) is 0 Å². The highest BCUT2D eigenvalue weighted by atomic mass is 16.5. The Bertz CT molecular complexity index is 281. The Morgan fingerprint density at radius 3 is 2.19 bits per heavy atom. The van der Waals surface area contributed by atoms with Crippen molar-refractivity contribution in [2.45, 2.75) is 78.2 Å². The van der Waals surface area contributed by atoms with Crippen LogP contribution in [0.25, 0.3) is 0 Å². The topological polar surface area (TPSA) is 64.6 Å². The Kier molecular flexibility index (Phi) is 12.9. The van der Waals surface area contributed by atoms with Crippen LogP contribution in [0.1, 0.15) is 72.1 Å². The van der Waals surface area contributed by atoms with Crippen LogP contribution >= 0.6 is 0 Å². The van der Waals surface area contributed by atoms with Crippen LogP contribution in [-0.4, -0.2) is 31.3 Å². The molecule has 0 heterocycles. The third-order valence-corrected chi connectivity index (χ3v) is 3.08. The number of nitrogens with one attached hydrogen (secondary N) is 1. The molecule has 5 nitrogen and oxygen atoms in total. The number of carbonyl (C=O) groups is 2. The van der Waals surface area contributed by atoms with Crippen LogP contribution in [-0.2, 0) is 14.3 Å². The molecule has 0 saturated carbocycles. The van der Waals surface area contributed by atoms with E-state index in [4.69, 9.17) is 9.47 Å². The summed E-state index contributed by atoms with van der Waals surface area (Å²) in [6.07, 6.45) is 7.17. The van der Waals surface area contributed by atoms with Gasteiger partial charge in [0.05, 0.1) is 19.6 Å². The molecule has 0 fully saturated rings. The molecule has 0 bridgehead atoms. The van der Waals surface area contributed by atoms with E-state index in [-0.39, 0.29) is 18.4 Å². The number of ether oxygens (including phenoxy) is 2. The minimum Gasteiger partial charge on any atom is -0.466 e. The van der Waals surface area contributed by atoms with Crippen molar-refractivity contribution in [2.75, 3.05) is 13.2 Å². The molecule has 0 radical (unpaired) electrons. The second kappa shape index (κ2) is 13.7. The Morgan fingerprint density at radius 1 is 0.905 bits per heavy atom. The Balaban J connectivity index is 3.57. The molecule has 0 aliphatic carbocycles. The zero-order chi connectivity index (χ0) is 15.9. The fourth-order valence-electron chi connectivity index (χ4n) is 1.80. The van der Waals surface area contributed by atoms with Crippen LogP contribution in [0.15, 0.2) is 0 Å². The highest BCUT2D eigenvalue weighted by molar-refractivity contribution is 5.72. The standard InChI is InChI=1S/C16H31NO4/c1-4-6-8-9-10-12-20-15(18)13-14(3)17-16(19)21-11-7-5-2/h14H,4-13H2,1-3H3,(H,17,19). The molecule has 0 saturated heterocycles. The molecular weight excluding hydrogens is 270 g/mol. The minimum atomic E-state index is -0.469. The summed E-state index contributed by atoms with van der Waals surface area (Å²) in [5.74, 6) is -0.271. The third kappa shape index (κ3) is 13.5. The molecule has 1 unspecified atom stereocenters. The SMILES string of the molecule is CCCCCCCOC(=O)CC(C)NC(=O)OCCCC. The first-order valence-electron chi connectivity index (χ1n) is 8.19. The number of amides is 1. The van der Waals surface area contributed by atoms with Crippen LogP contribution in [0.2, 0.25) is 0 Å². The van der Waals surface area contributed by atoms with E-state index in [2.05, 4.69) is 12.2 Å². The average molecular weight is 301 g/mol. The smallest absolute Gasteiger partial charge is 0.407 e. The molecule has 5 heteroatoms. The molecule has 0 rings (SSSR count). The largest absolute Gasteiger partial charge is 0.466 e. The van der Waals surface area contributed by atoms with E-state index >= 15 is 0 Å². The summed E-state index contributed by atoms with van der Waals surface area (Å²) in [5.41, 5.74) is 0. The number of carbonyl (C=O) groups excluding carboxylic acids is 2. The highest BCUT2D eigenvalue weighted by Gasteiger charge is 2.13. The molecule has 0 aliphatic rings. The van der Waals surface area contributed by atoms with Gasteiger partial charge in [0.1, 0.15) is 0 Å². The number of hydrogen-bond donors (Lipinski definition) is 1. The lowest BCUT2D eigenvalue weighted by Crippen LogP contribution is -2.35. The van der Waals surface area contributed by atoms with Crippen molar-refractivity contribution >= 4 is 12.1 Å². The van der Waals surface area contributed by atoms with Gasteiger partial charge in [-0.25, -0.2) is 4.79 Å². The second-order valence-electron chi connectivity index (χ2n) is 5.37. The third-order valence-electron chi connectivity index (χ3n) is 3.08. The van der Waals surface area contributed by atoms with Crippen molar-refractivity contribution in [3.8, 4) is 0 Å². The summed E-state index contributed by atoms with van der Waals surface area (Å²) in [5, 5.41) is 2.63. The van der Waals surface area contributed by atoms with Crippen LogP contribution in [0, 0.1) is 0 Å². The fourth-order valence-corrected chi connectivity index (χ4v) is 1.80. The van der Waals surface area contributed by atoms with E-state index in [9.17, 15) is 9.59 Å². The van der Waals surface area contributed by atoms with Gasteiger partial charge in [-0.1, -0.05) is 46.0 Å². The Labute approximate surface area is 128 Å². The van der Waals surface area contributed by atoms with E-state index in [1.54, 1.807) is 6.92 Å². The van der Waals surface area contributed by atoms with Gasteiger partial charge >= 0.3 is 12.1 Å². The Hall–Kier alpha value is -1.26. The molecule has 0 spiro atoms. The molecular formula is C16H31NO4. The van der Waals surface area contributed by atoms with E-state index in [1.807, 2.05) is 6.92 Å². The first-order valence-corrected chi connectivity index (χ1v) is 8.19. The second-order valence-corrected chi connectivity index (χ2v) is 5.37. The number of hydrogen-bond acceptors (Lipinski definition) is 4. The predicted octanol–water partition coefficient (Wildman–Crippen LogP) is 3.80. The number of unbranched alkanes of at least 4 members (excludes halogenated alkanes) is 5. The molecule has 124 valence electrons. The van der Waals surface area contributed by atoms with Crippen molar-refractivity contribution < 1.29 is 19.1 Å². The van der Waals surface area contributed by atoms with E-state index in [0.717, 1.165) is 25.7 Å². The summed E-state index contributed by atoms with van der Waals surface area (Å²) in [7, 11) is 0. The van der Waals surface area contributed by atoms with Crippen molar-refractivity contribution in [3.05, 3.63) is 0 Å². The summed E-state index contributed by atoms with van der Waals surface area (Å²) in [4.78, 5) is 23.0. The molecule has 21 heavy (non-hydrogen) atoms. The highest BCUT2D eigenvalue weighted by Crippen LogP contribution is 2.03. The van der Waals surface area contributed by atoms with Gasteiger partial charge < -0.3 is 14.8 Å². The number of alkyl carbamates (subject to hydrolysis) is 1. The number of rotatable bonds is 12. The normalized spacial score (nSPS) is 11.8. The summed E-state index contributed by atoms with van der Waals surface area (Å²) in [6.45, 7) is 6.85. The van der Waals surface area contributed by atoms with E-state index in [1.165, 1.54) is 19.3 Å². The fraction of sp³-hybridized carbons (Fsp3) is 0.875. The van der Waals surface area contributed by atoms with Crippen LogP contribution < -0.4 is 5.32 Å². The summed E-state index contributed by atoms with van der Waals surface area (Å²) >= 11 is 0. The van der Waals surface area contributed by atoms with Crippen molar-refractivity contribution in [1.29, 1.82) is 0 Å². The lowest BCUT2D eigenvalue weighted by molar-refractivity contribution is -0.144. The average Bonchev–Trinajstić information content (AvgIpc) is 2.42. The molecule has 1 atom stereocenters. The lowest BCUT2D eigenvalue weighted by Gasteiger charge is -2.13. The van der Waals surface area contributed by atoms with Crippen molar-refractivity contribution in [1.82, 2.24) is 5.32 Å². The number of esters is 1. The van der Waals surface area contributed by atoms with Gasteiger partial charge in [-0.15, -0.1) is 0 Å². The maximum Gasteiger partial charge on any atom is 0.407 e. The first kappa shape index (κ1) is 19.7. The predicted molar refractivity (Wildman–Crippen MR) is 83.2 cm³/mol. The monoisotopic (exact) mass is 301 g/mol. The molecule has 0 aromatic rings. The molecule has 0 aliphatic heterocycles. The van der Waals surface area contributed by atoms with E-state index in [0.29, 0.717) is 13.2 Å². The minimum absolute atomic E-state index is 0.178. The van der Waals surface area contributed by atoms with Crippen LogP contribution in [0.5, 0.6) is 0 Å². The van der Waals surface area contributed by atoms with Crippen molar-refractivity contribution in [2.24, 2.45) is 0 Å². The van der Waals surface area contributed by atoms with Gasteiger partial charge in [0.2, 0.25) is 0 Å². The molecule has 0 aromatic heterocycles. The van der Waals surface area contributed by atoms with Gasteiger partial charge in [-0.2, -0.15) is 0 Å². The van der Waals surface area contributed by atoms with E-state index < -0.39 is 6.09 Å². The quantitative estimate of drug-likeness (QED) is 0.440. The van der Waals surface area contributed by atoms with Gasteiger partial charge in [0.15, 0.2) is 0 Å². The van der Waals surface area contributed by atoms with Gasteiger partial charge in [-0.05, 0) is 19.8 Å². The van der Waals surface area contributed by atoms with Gasteiger partial charge in [0, 0.05) is 6.04 Å². The van der Waals surface area contributed by atoms with Crippen molar-refractivity contribution in [3.63, 3.8) is 0 Å². The molecule has 1 amide bonds. The molecule has 0 aromatic carbocycles. The zero-order valence-electron chi connectivity index (χ0n) is 13.8. The molecule has 1 N–H and O–H groups in total. The summed E-state index contributed by atoms with van der Waals surface area (Å²) in [6, 6.07) is -0.272. The zero-order valence-corrected chi connectivity index (χ0v) is 13.8. The lowest BCUT2D eigenvalue weighted by atomic mass is 10.2. The van der Waals surface area contributed by atoms with Gasteiger partial charge in [-0.3, -0.25) is 4.79 Å².